The molecule has 0 amide bonds. The summed E-state index contributed by atoms with van der Waals surface area (Å²) in [7, 11) is 0. The minimum absolute atomic E-state index is 0.333. The van der Waals surface area contributed by atoms with Gasteiger partial charge in [-0.05, 0) is 36.4 Å². The van der Waals surface area contributed by atoms with Gasteiger partial charge in [-0.2, -0.15) is 5.26 Å². The maximum Gasteiger partial charge on any atom is 0.339 e. The molecule has 0 aliphatic heterocycles. The Balaban J connectivity index is 1.74. The van der Waals surface area contributed by atoms with Crippen molar-refractivity contribution in [3.8, 4) is 6.07 Å². The first kappa shape index (κ1) is 19.7. The van der Waals surface area contributed by atoms with Gasteiger partial charge in [0.1, 0.15) is 6.07 Å². The van der Waals surface area contributed by atoms with Crippen LogP contribution in [0.25, 0.3) is 0 Å². The number of esters is 1. The summed E-state index contributed by atoms with van der Waals surface area (Å²) in [5.41, 5.74) is 1.23. The Morgan fingerprint density at radius 2 is 1.68 bits per heavy atom. The van der Waals surface area contributed by atoms with Crippen molar-refractivity contribution in [2.24, 2.45) is 0 Å². The number of Topliss-reactive ketones (excluding diaryl/α,β-unsaturated/α-hetero) is 1. The number of carbonyl (C=O) groups excluding carboxylic acids is 2. The van der Waals surface area contributed by atoms with Crippen LogP contribution in [0.3, 0.4) is 0 Å². The molecule has 3 aromatic carbocycles. The smallest absolute Gasteiger partial charge is 0.339 e. The van der Waals surface area contributed by atoms with E-state index < -0.39 is 5.97 Å². The van der Waals surface area contributed by atoms with Gasteiger partial charge in [-0.1, -0.05) is 59.8 Å². The lowest BCUT2D eigenvalue weighted by Gasteiger charge is -2.10. The molecule has 0 bridgehead atoms. The molecule has 0 saturated carbocycles. The van der Waals surface area contributed by atoms with Crippen LogP contribution < -0.4 is 0 Å². The molecule has 3 aromatic rings. The third kappa shape index (κ3) is 4.80. The van der Waals surface area contributed by atoms with Gasteiger partial charge in [-0.3, -0.25) is 4.79 Å². The van der Waals surface area contributed by atoms with Crippen molar-refractivity contribution in [1.82, 2.24) is 0 Å². The van der Waals surface area contributed by atoms with Crippen LogP contribution in [-0.4, -0.2) is 18.4 Å². The molecule has 0 radical (unpaired) electrons. The normalized spacial score (nSPS) is 10.1. The van der Waals surface area contributed by atoms with E-state index in [1.807, 2.05) is 12.1 Å². The highest BCUT2D eigenvalue weighted by molar-refractivity contribution is 7.99. The van der Waals surface area contributed by atoms with Crippen LogP contribution in [0.4, 0.5) is 0 Å². The Kier molecular flexibility index (Phi) is 6.49. The number of nitrogens with zero attached hydrogens (tertiary/aromatic N) is 1. The molecule has 0 fully saturated rings. The summed E-state index contributed by atoms with van der Waals surface area (Å²) in [6.45, 7) is -0.382. The van der Waals surface area contributed by atoms with Gasteiger partial charge >= 0.3 is 5.97 Å². The molecule has 0 heterocycles. The zero-order valence-electron chi connectivity index (χ0n) is 14.6. The number of ether oxygens (including phenoxy) is 1. The first-order valence-electron chi connectivity index (χ1n) is 8.30. The molecule has 0 N–H and O–H groups in total. The minimum atomic E-state index is -0.604. The lowest BCUT2D eigenvalue weighted by atomic mass is 10.1. The SMILES string of the molecule is N#Cc1ccccc1Sc1ccccc1C(=O)OCC(=O)c1cccc(Cl)c1. The molecule has 6 heteroatoms. The van der Waals surface area contributed by atoms with Crippen LogP contribution in [0.5, 0.6) is 0 Å². The predicted molar refractivity (Wildman–Crippen MR) is 108 cm³/mol. The Morgan fingerprint density at radius 1 is 0.964 bits per heavy atom. The maximum atomic E-state index is 12.5. The van der Waals surface area contributed by atoms with Gasteiger partial charge in [0, 0.05) is 20.4 Å². The third-order valence-corrected chi connectivity index (χ3v) is 5.20. The fourth-order valence-electron chi connectivity index (χ4n) is 2.44. The number of nitriles is 1. The number of benzene rings is 3. The van der Waals surface area contributed by atoms with Gasteiger partial charge in [-0.25, -0.2) is 4.79 Å². The largest absolute Gasteiger partial charge is 0.454 e. The van der Waals surface area contributed by atoms with Crippen molar-refractivity contribution < 1.29 is 14.3 Å². The van der Waals surface area contributed by atoms with E-state index >= 15 is 0 Å². The van der Waals surface area contributed by atoms with E-state index in [2.05, 4.69) is 6.07 Å². The first-order valence-corrected chi connectivity index (χ1v) is 9.50. The highest BCUT2D eigenvalue weighted by atomic mass is 35.5. The number of hydrogen-bond donors (Lipinski definition) is 0. The average Bonchev–Trinajstić information content (AvgIpc) is 2.72. The zero-order chi connectivity index (χ0) is 19.9. The van der Waals surface area contributed by atoms with Crippen LogP contribution in [0.2, 0.25) is 5.02 Å². The standard InChI is InChI=1S/C22H14ClNO3S/c23-17-8-5-7-15(12-17)19(25)14-27-22(26)18-9-2-4-11-21(18)28-20-10-3-1-6-16(20)13-24/h1-12H,14H2. The summed E-state index contributed by atoms with van der Waals surface area (Å²) < 4.78 is 5.21. The summed E-state index contributed by atoms with van der Waals surface area (Å²) in [6, 6.07) is 22.7. The second kappa shape index (κ2) is 9.23. The molecule has 138 valence electrons. The molecule has 3 rings (SSSR count). The quantitative estimate of drug-likeness (QED) is 0.404. The van der Waals surface area contributed by atoms with E-state index in [0.29, 0.717) is 26.6 Å². The second-order valence-corrected chi connectivity index (χ2v) is 7.24. The van der Waals surface area contributed by atoms with Crippen LogP contribution in [0.15, 0.2) is 82.6 Å². The lowest BCUT2D eigenvalue weighted by Crippen LogP contribution is -2.14. The Labute approximate surface area is 171 Å². The van der Waals surface area contributed by atoms with E-state index in [1.165, 1.54) is 17.8 Å². The van der Waals surface area contributed by atoms with Crippen molar-refractivity contribution in [3.63, 3.8) is 0 Å². The monoisotopic (exact) mass is 407 g/mol. The Bertz CT molecular complexity index is 1080. The molecular weight excluding hydrogens is 394 g/mol. The number of halogens is 1. The van der Waals surface area contributed by atoms with Gasteiger partial charge < -0.3 is 4.74 Å². The van der Waals surface area contributed by atoms with E-state index in [9.17, 15) is 14.9 Å². The van der Waals surface area contributed by atoms with Gasteiger partial charge in [0.05, 0.1) is 11.1 Å². The second-order valence-electron chi connectivity index (χ2n) is 5.72. The van der Waals surface area contributed by atoms with E-state index in [4.69, 9.17) is 16.3 Å². The molecule has 0 atom stereocenters. The number of rotatable bonds is 6. The molecule has 0 spiro atoms. The first-order chi connectivity index (χ1) is 13.6. The number of hydrogen-bond acceptors (Lipinski definition) is 5. The Hall–Kier alpha value is -3.07. The molecule has 0 aliphatic carbocycles. The number of carbonyl (C=O) groups is 2. The molecule has 0 unspecified atom stereocenters. The van der Waals surface area contributed by atoms with Gasteiger partial charge in [0.15, 0.2) is 12.4 Å². The van der Waals surface area contributed by atoms with Crippen molar-refractivity contribution in [2.45, 2.75) is 9.79 Å². The van der Waals surface area contributed by atoms with Crippen molar-refractivity contribution >= 4 is 35.1 Å². The molecular formula is C22H14ClNO3S. The third-order valence-electron chi connectivity index (χ3n) is 3.82. The summed E-state index contributed by atoms with van der Waals surface area (Å²) in [5.74, 6) is -0.941. The lowest BCUT2D eigenvalue weighted by molar-refractivity contribution is 0.0471. The van der Waals surface area contributed by atoms with Crippen LogP contribution in [0, 0.1) is 11.3 Å². The summed E-state index contributed by atoms with van der Waals surface area (Å²) >= 11 is 7.19. The van der Waals surface area contributed by atoms with Gasteiger partial charge in [-0.15, -0.1) is 0 Å². The van der Waals surface area contributed by atoms with E-state index in [1.54, 1.807) is 54.6 Å². The summed E-state index contributed by atoms with van der Waals surface area (Å²) in [5, 5.41) is 9.69. The number of ketones is 1. The topological polar surface area (TPSA) is 67.2 Å². The van der Waals surface area contributed by atoms with Crippen molar-refractivity contribution in [1.29, 1.82) is 5.26 Å². The summed E-state index contributed by atoms with van der Waals surface area (Å²) in [4.78, 5) is 26.1. The Morgan fingerprint density at radius 3 is 2.43 bits per heavy atom. The molecule has 4 nitrogen and oxygen atoms in total. The fourth-order valence-corrected chi connectivity index (χ4v) is 3.65. The molecule has 0 aromatic heterocycles. The molecule has 28 heavy (non-hydrogen) atoms. The molecule has 0 saturated heterocycles. The van der Waals surface area contributed by atoms with Gasteiger partial charge in [0.2, 0.25) is 0 Å². The van der Waals surface area contributed by atoms with E-state index in [0.717, 1.165) is 4.90 Å². The highest BCUT2D eigenvalue weighted by Crippen LogP contribution is 2.32. The van der Waals surface area contributed by atoms with Crippen LogP contribution in [-0.2, 0) is 4.74 Å². The predicted octanol–water partition coefficient (Wildman–Crippen LogP) is 5.40. The fraction of sp³-hybridized carbons (Fsp3) is 0.0455. The van der Waals surface area contributed by atoms with Crippen molar-refractivity contribution in [2.75, 3.05) is 6.61 Å². The van der Waals surface area contributed by atoms with Crippen LogP contribution in [0.1, 0.15) is 26.3 Å². The maximum absolute atomic E-state index is 12.5. The molecule has 0 aliphatic rings. The average molecular weight is 408 g/mol. The van der Waals surface area contributed by atoms with E-state index in [-0.39, 0.29) is 12.4 Å². The van der Waals surface area contributed by atoms with Crippen molar-refractivity contribution in [3.05, 3.63) is 94.5 Å². The van der Waals surface area contributed by atoms with Crippen LogP contribution >= 0.6 is 23.4 Å². The van der Waals surface area contributed by atoms with Gasteiger partial charge in [0.25, 0.3) is 0 Å². The zero-order valence-corrected chi connectivity index (χ0v) is 16.2. The minimum Gasteiger partial charge on any atom is -0.454 e. The highest BCUT2D eigenvalue weighted by Gasteiger charge is 2.17. The summed E-state index contributed by atoms with van der Waals surface area (Å²) in [6.07, 6.45) is 0.